The minimum absolute atomic E-state index is 0.0344. The molecule has 0 aromatic heterocycles. The van der Waals surface area contributed by atoms with Gasteiger partial charge >= 0.3 is 6.61 Å². The maximum atomic E-state index is 12.3. The molecule has 1 aromatic carbocycles. The van der Waals surface area contributed by atoms with Crippen LogP contribution in [-0.2, 0) is 0 Å². The molecular formula is C13H14BrF2NO2. The van der Waals surface area contributed by atoms with Crippen molar-refractivity contribution >= 4 is 21.8 Å². The SMILES string of the molecule is O=C(NC1CCCC1Br)c1ccccc1OC(F)F. The molecule has 0 radical (unpaired) electrons. The summed E-state index contributed by atoms with van der Waals surface area (Å²) in [5.74, 6) is -0.480. The van der Waals surface area contributed by atoms with Gasteiger partial charge in [0.1, 0.15) is 5.75 Å². The van der Waals surface area contributed by atoms with Crippen LogP contribution in [0.2, 0.25) is 0 Å². The summed E-state index contributed by atoms with van der Waals surface area (Å²) < 4.78 is 28.9. The molecule has 0 aliphatic heterocycles. The van der Waals surface area contributed by atoms with Gasteiger partial charge in [0.25, 0.3) is 5.91 Å². The van der Waals surface area contributed by atoms with Crippen molar-refractivity contribution in [3.05, 3.63) is 29.8 Å². The van der Waals surface area contributed by atoms with Gasteiger partial charge < -0.3 is 10.1 Å². The molecule has 1 amide bonds. The molecule has 6 heteroatoms. The Hall–Kier alpha value is -1.17. The number of rotatable bonds is 4. The Morgan fingerprint density at radius 3 is 2.74 bits per heavy atom. The lowest BCUT2D eigenvalue weighted by molar-refractivity contribution is -0.0501. The number of carbonyl (C=O) groups excluding carboxylic acids is 1. The molecule has 0 heterocycles. The Morgan fingerprint density at radius 1 is 1.37 bits per heavy atom. The lowest BCUT2D eigenvalue weighted by atomic mass is 10.1. The van der Waals surface area contributed by atoms with E-state index < -0.39 is 6.61 Å². The molecule has 1 aliphatic rings. The number of benzene rings is 1. The molecule has 3 nitrogen and oxygen atoms in total. The van der Waals surface area contributed by atoms with E-state index in [1.165, 1.54) is 12.1 Å². The van der Waals surface area contributed by atoms with Crippen LogP contribution in [-0.4, -0.2) is 23.4 Å². The molecule has 1 aliphatic carbocycles. The van der Waals surface area contributed by atoms with Crippen molar-refractivity contribution < 1.29 is 18.3 Å². The van der Waals surface area contributed by atoms with E-state index in [9.17, 15) is 13.6 Å². The second-order valence-corrected chi connectivity index (χ2v) is 5.58. The first-order valence-corrected chi connectivity index (χ1v) is 6.98. The van der Waals surface area contributed by atoms with E-state index in [0.717, 1.165) is 19.3 Å². The maximum absolute atomic E-state index is 12.3. The van der Waals surface area contributed by atoms with Gasteiger partial charge in [-0.2, -0.15) is 8.78 Å². The van der Waals surface area contributed by atoms with Gasteiger partial charge in [-0.1, -0.05) is 34.5 Å². The summed E-state index contributed by atoms with van der Waals surface area (Å²) in [4.78, 5) is 12.3. The molecule has 2 rings (SSSR count). The fourth-order valence-electron chi connectivity index (χ4n) is 2.18. The topological polar surface area (TPSA) is 38.3 Å². The zero-order valence-corrected chi connectivity index (χ0v) is 11.7. The molecule has 2 atom stereocenters. The average Bonchev–Trinajstić information content (AvgIpc) is 2.75. The number of hydrogen-bond acceptors (Lipinski definition) is 2. The predicted octanol–water partition coefficient (Wildman–Crippen LogP) is 3.33. The van der Waals surface area contributed by atoms with Gasteiger partial charge in [0.15, 0.2) is 0 Å². The Balaban J connectivity index is 2.10. The van der Waals surface area contributed by atoms with Crippen LogP contribution >= 0.6 is 15.9 Å². The van der Waals surface area contributed by atoms with Crippen molar-refractivity contribution in [1.29, 1.82) is 0 Å². The second kappa shape index (κ2) is 6.32. The summed E-state index contributed by atoms with van der Waals surface area (Å²) in [7, 11) is 0. The van der Waals surface area contributed by atoms with E-state index in [0.29, 0.717) is 0 Å². The highest BCUT2D eigenvalue weighted by molar-refractivity contribution is 9.09. The van der Waals surface area contributed by atoms with E-state index in [1.807, 2.05) is 0 Å². The van der Waals surface area contributed by atoms with Crippen LogP contribution in [0.15, 0.2) is 24.3 Å². The van der Waals surface area contributed by atoms with Gasteiger partial charge in [-0.25, -0.2) is 0 Å². The number of nitrogens with one attached hydrogen (secondary N) is 1. The zero-order valence-electron chi connectivity index (χ0n) is 10.1. The van der Waals surface area contributed by atoms with Crippen LogP contribution in [0, 0.1) is 0 Å². The van der Waals surface area contributed by atoms with Crippen LogP contribution in [0.5, 0.6) is 5.75 Å². The van der Waals surface area contributed by atoms with Gasteiger partial charge in [-0.3, -0.25) is 4.79 Å². The Labute approximate surface area is 118 Å². The summed E-state index contributed by atoms with van der Waals surface area (Å²) in [6, 6.07) is 6.05. The Bertz CT molecular complexity index is 456. The number of amides is 1. The van der Waals surface area contributed by atoms with Crippen molar-refractivity contribution in [2.24, 2.45) is 0 Å². The lowest BCUT2D eigenvalue weighted by Gasteiger charge is -2.17. The normalized spacial score (nSPS) is 22.5. The van der Waals surface area contributed by atoms with E-state index in [1.54, 1.807) is 12.1 Å². The van der Waals surface area contributed by atoms with Crippen LogP contribution in [0.25, 0.3) is 0 Å². The number of alkyl halides is 3. The molecule has 1 aromatic rings. The summed E-state index contributed by atoms with van der Waals surface area (Å²) in [5, 5.41) is 2.85. The van der Waals surface area contributed by atoms with Gasteiger partial charge in [-0.05, 0) is 25.0 Å². The Morgan fingerprint density at radius 2 is 2.11 bits per heavy atom. The summed E-state index contributed by atoms with van der Waals surface area (Å²) in [5.41, 5.74) is 0.134. The quantitative estimate of drug-likeness (QED) is 0.858. The van der Waals surface area contributed by atoms with Crippen molar-refractivity contribution in [3.8, 4) is 5.75 Å². The molecule has 0 spiro atoms. The predicted molar refractivity (Wildman–Crippen MR) is 70.9 cm³/mol. The van der Waals surface area contributed by atoms with Gasteiger partial charge in [0.05, 0.1) is 5.56 Å². The Kier molecular flexibility index (Phi) is 4.74. The summed E-state index contributed by atoms with van der Waals surface area (Å²) in [6.07, 6.45) is 2.93. The van der Waals surface area contributed by atoms with E-state index >= 15 is 0 Å². The lowest BCUT2D eigenvalue weighted by Crippen LogP contribution is -2.37. The first-order valence-electron chi connectivity index (χ1n) is 6.06. The molecule has 19 heavy (non-hydrogen) atoms. The third-order valence-electron chi connectivity index (χ3n) is 3.10. The molecule has 1 N–H and O–H groups in total. The first-order chi connectivity index (χ1) is 9.08. The maximum Gasteiger partial charge on any atom is 0.387 e. The molecule has 1 saturated carbocycles. The van der Waals surface area contributed by atoms with Crippen molar-refractivity contribution in [1.82, 2.24) is 5.32 Å². The van der Waals surface area contributed by atoms with Crippen LogP contribution in [0.3, 0.4) is 0 Å². The van der Waals surface area contributed by atoms with E-state index in [2.05, 4.69) is 26.0 Å². The number of ether oxygens (including phenoxy) is 1. The van der Waals surface area contributed by atoms with Gasteiger partial charge in [-0.15, -0.1) is 0 Å². The summed E-state index contributed by atoms with van der Waals surface area (Å²) >= 11 is 3.50. The number of hydrogen-bond donors (Lipinski definition) is 1. The highest BCUT2D eigenvalue weighted by Gasteiger charge is 2.27. The number of halogens is 3. The first kappa shape index (κ1) is 14.2. The molecule has 2 unspecified atom stereocenters. The van der Waals surface area contributed by atoms with Crippen molar-refractivity contribution in [2.75, 3.05) is 0 Å². The van der Waals surface area contributed by atoms with Crippen LogP contribution in [0.4, 0.5) is 8.78 Å². The molecule has 1 fully saturated rings. The van der Waals surface area contributed by atoms with Gasteiger partial charge in [0, 0.05) is 10.9 Å². The van der Waals surface area contributed by atoms with Crippen molar-refractivity contribution in [2.45, 2.75) is 36.7 Å². The minimum Gasteiger partial charge on any atom is -0.434 e. The minimum atomic E-state index is -2.94. The van der Waals surface area contributed by atoms with Crippen LogP contribution < -0.4 is 10.1 Å². The fourth-order valence-corrected chi connectivity index (χ4v) is 2.90. The fraction of sp³-hybridized carbons (Fsp3) is 0.462. The third kappa shape index (κ3) is 3.65. The molecule has 0 bridgehead atoms. The van der Waals surface area contributed by atoms with Crippen LogP contribution in [0.1, 0.15) is 29.6 Å². The zero-order chi connectivity index (χ0) is 13.8. The van der Waals surface area contributed by atoms with E-state index in [4.69, 9.17) is 0 Å². The largest absolute Gasteiger partial charge is 0.434 e. The van der Waals surface area contributed by atoms with Crippen molar-refractivity contribution in [3.63, 3.8) is 0 Å². The third-order valence-corrected chi connectivity index (χ3v) is 4.19. The number of carbonyl (C=O) groups is 1. The van der Waals surface area contributed by atoms with E-state index in [-0.39, 0.29) is 28.1 Å². The molecular weight excluding hydrogens is 320 g/mol. The van der Waals surface area contributed by atoms with Gasteiger partial charge in [0.2, 0.25) is 0 Å². The number of para-hydroxylation sites is 1. The molecule has 104 valence electrons. The monoisotopic (exact) mass is 333 g/mol. The smallest absolute Gasteiger partial charge is 0.387 e. The highest BCUT2D eigenvalue weighted by atomic mass is 79.9. The summed E-state index contributed by atoms with van der Waals surface area (Å²) in [6.45, 7) is -2.94. The highest BCUT2D eigenvalue weighted by Crippen LogP contribution is 2.27. The standard InChI is InChI=1S/C13H14BrF2NO2/c14-9-5-3-6-10(9)17-12(18)8-4-1-2-7-11(8)19-13(15)16/h1-2,4,7,9-10,13H,3,5-6H2,(H,17,18). The second-order valence-electron chi connectivity index (χ2n) is 4.40. The average molecular weight is 334 g/mol. The molecule has 0 saturated heterocycles.